The number of sulfonamides is 1. The molecule has 0 fully saturated rings. The lowest BCUT2D eigenvalue weighted by molar-refractivity contribution is 0.0894. The molecule has 0 amide bonds. The van der Waals surface area contributed by atoms with Crippen LogP contribution in [0.25, 0.3) is 11.0 Å². The van der Waals surface area contributed by atoms with Gasteiger partial charge in [0.25, 0.3) is 0 Å². The van der Waals surface area contributed by atoms with Crippen LogP contribution in [0, 0.1) is 0 Å². The molecule has 104 valence electrons. The van der Waals surface area contributed by atoms with Crippen LogP contribution in [0.3, 0.4) is 0 Å². The van der Waals surface area contributed by atoms with Gasteiger partial charge in [-0.3, -0.25) is 0 Å². The minimum atomic E-state index is -3.23. The van der Waals surface area contributed by atoms with Crippen LogP contribution in [-0.4, -0.2) is 27.8 Å². The predicted molar refractivity (Wildman–Crippen MR) is 73.4 cm³/mol. The molecule has 1 aromatic carbocycles. The summed E-state index contributed by atoms with van der Waals surface area (Å²) < 4.78 is 36.3. The molecule has 2 rings (SSSR count). The van der Waals surface area contributed by atoms with Crippen LogP contribution in [0.1, 0.15) is 18.8 Å². The van der Waals surface area contributed by atoms with E-state index in [4.69, 9.17) is 9.15 Å². The molecule has 0 spiro atoms. The molecule has 1 aromatic heterocycles. The van der Waals surface area contributed by atoms with Gasteiger partial charge in [0.05, 0.1) is 5.75 Å². The number of methoxy groups -OCH3 is 1. The van der Waals surface area contributed by atoms with Crippen molar-refractivity contribution in [1.82, 2.24) is 4.72 Å². The van der Waals surface area contributed by atoms with Crippen LogP contribution < -0.4 is 4.72 Å². The molecular formula is C13H17NO4S. The zero-order valence-electron chi connectivity index (χ0n) is 10.9. The molecule has 0 saturated heterocycles. The van der Waals surface area contributed by atoms with E-state index >= 15 is 0 Å². The number of benzene rings is 1. The quantitative estimate of drug-likeness (QED) is 0.881. The van der Waals surface area contributed by atoms with Crippen molar-refractivity contribution in [2.75, 3.05) is 19.4 Å². The Hall–Kier alpha value is -1.37. The van der Waals surface area contributed by atoms with E-state index < -0.39 is 16.1 Å². The van der Waals surface area contributed by atoms with E-state index in [-0.39, 0.29) is 12.3 Å². The highest BCUT2D eigenvalue weighted by Gasteiger charge is 2.18. The number of hydrogen-bond donors (Lipinski definition) is 1. The maximum Gasteiger partial charge on any atom is 0.211 e. The first-order chi connectivity index (χ1) is 9.05. The zero-order chi connectivity index (χ0) is 13.9. The van der Waals surface area contributed by atoms with Crippen molar-refractivity contribution in [3.63, 3.8) is 0 Å². The maximum atomic E-state index is 11.4. The molecule has 0 radical (unpaired) electrons. The summed E-state index contributed by atoms with van der Waals surface area (Å²) in [5, 5.41) is 0.970. The van der Waals surface area contributed by atoms with Gasteiger partial charge in [0, 0.05) is 19.0 Å². The van der Waals surface area contributed by atoms with Gasteiger partial charge >= 0.3 is 0 Å². The van der Waals surface area contributed by atoms with Gasteiger partial charge in [-0.2, -0.15) is 0 Å². The third kappa shape index (κ3) is 3.34. The van der Waals surface area contributed by atoms with E-state index in [1.807, 2.05) is 30.3 Å². The third-order valence-electron chi connectivity index (χ3n) is 2.92. The van der Waals surface area contributed by atoms with E-state index in [1.165, 1.54) is 7.11 Å². The Balaban J connectivity index is 2.17. The SMILES string of the molecule is CCS(=O)(=O)NC[C@H](OC)c1cc2ccccc2o1. The molecule has 1 heterocycles. The van der Waals surface area contributed by atoms with Gasteiger partial charge in [-0.1, -0.05) is 18.2 Å². The van der Waals surface area contributed by atoms with Crippen LogP contribution in [0.5, 0.6) is 0 Å². The molecule has 19 heavy (non-hydrogen) atoms. The average Bonchev–Trinajstić information content (AvgIpc) is 2.83. The summed E-state index contributed by atoms with van der Waals surface area (Å²) in [5.41, 5.74) is 0.762. The average molecular weight is 283 g/mol. The molecule has 5 nitrogen and oxygen atoms in total. The minimum absolute atomic E-state index is 0.0452. The number of para-hydroxylation sites is 1. The van der Waals surface area contributed by atoms with Crippen molar-refractivity contribution in [1.29, 1.82) is 0 Å². The van der Waals surface area contributed by atoms with E-state index in [0.29, 0.717) is 5.76 Å². The molecule has 0 aliphatic carbocycles. The molecule has 2 aromatic rings. The number of fused-ring (bicyclic) bond motifs is 1. The fraction of sp³-hybridized carbons (Fsp3) is 0.385. The van der Waals surface area contributed by atoms with Crippen molar-refractivity contribution < 1.29 is 17.6 Å². The van der Waals surface area contributed by atoms with Crippen molar-refractivity contribution in [3.05, 3.63) is 36.1 Å². The first-order valence-electron chi connectivity index (χ1n) is 6.04. The van der Waals surface area contributed by atoms with Crippen LogP contribution in [0.4, 0.5) is 0 Å². The molecule has 0 aliphatic heterocycles. The van der Waals surface area contributed by atoms with Gasteiger partial charge in [0.1, 0.15) is 17.4 Å². The number of ether oxygens (including phenoxy) is 1. The van der Waals surface area contributed by atoms with Gasteiger partial charge in [-0.05, 0) is 19.1 Å². The predicted octanol–water partition coefficient (Wildman–Crippen LogP) is 2.06. The Kier molecular flexibility index (Phi) is 4.24. The summed E-state index contributed by atoms with van der Waals surface area (Å²) in [4.78, 5) is 0. The summed E-state index contributed by atoms with van der Waals surface area (Å²) in [6.07, 6.45) is -0.436. The largest absolute Gasteiger partial charge is 0.458 e. The lowest BCUT2D eigenvalue weighted by Crippen LogP contribution is -2.30. The number of nitrogens with one attached hydrogen (secondary N) is 1. The monoisotopic (exact) mass is 283 g/mol. The third-order valence-corrected chi connectivity index (χ3v) is 4.28. The standard InChI is InChI=1S/C13H17NO4S/c1-3-19(15,16)14-9-13(17-2)12-8-10-6-4-5-7-11(10)18-12/h4-8,13-14H,3,9H2,1-2H3/t13-/m0/s1. The molecule has 0 saturated carbocycles. The maximum absolute atomic E-state index is 11.4. The normalized spacial score (nSPS) is 13.8. The Labute approximate surface area is 112 Å². The lowest BCUT2D eigenvalue weighted by Gasteiger charge is -2.13. The summed E-state index contributed by atoms with van der Waals surface area (Å²) in [6.45, 7) is 1.75. The van der Waals surface area contributed by atoms with Crippen LogP contribution in [0.2, 0.25) is 0 Å². The Morgan fingerprint density at radius 3 is 2.74 bits per heavy atom. The van der Waals surface area contributed by atoms with Gasteiger partial charge < -0.3 is 9.15 Å². The second-order valence-electron chi connectivity index (χ2n) is 4.16. The van der Waals surface area contributed by atoms with Gasteiger partial charge in [-0.25, -0.2) is 13.1 Å². The highest BCUT2D eigenvalue weighted by atomic mass is 32.2. The first kappa shape index (κ1) is 14.0. The smallest absolute Gasteiger partial charge is 0.211 e. The fourth-order valence-electron chi connectivity index (χ4n) is 1.77. The van der Waals surface area contributed by atoms with Gasteiger partial charge in [0.15, 0.2) is 0 Å². The fourth-order valence-corrected chi connectivity index (χ4v) is 2.38. The molecule has 0 unspecified atom stereocenters. The summed E-state index contributed by atoms with van der Waals surface area (Å²) >= 11 is 0. The first-order valence-corrected chi connectivity index (χ1v) is 7.69. The molecule has 6 heteroatoms. The lowest BCUT2D eigenvalue weighted by atomic mass is 10.2. The minimum Gasteiger partial charge on any atom is -0.458 e. The van der Waals surface area contributed by atoms with Crippen LogP contribution >= 0.6 is 0 Å². The van der Waals surface area contributed by atoms with Crippen LogP contribution in [0.15, 0.2) is 34.7 Å². The molecule has 1 N–H and O–H groups in total. The van der Waals surface area contributed by atoms with E-state index in [2.05, 4.69) is 4.72 Å². The van der Waals surface area contributed by atoms with Gasteiger partial charge in [-0.15, -0.1) is 0 Å². The number of hydrogen-bond acceptors (Lipinski definition) is 4. The van der Waals surface area contributed by atoms with Gasteiger partial charge in [0.2, 0.25) is 10.0 Å². The number of rotatable bonds is 6. The second-order valence-corrected chi connectivity index (χ2v) is 6.26. The Bertz CT molecular complexity index is 614. The van der Waals surface area contributed by atoms with Crippen molar-refractivity contribution >= 4 is 21.0 Å². The molecule has 0 aliphatic rings. The molecular weight excluding hydrogens is 266 g/mol. The topological polar surface area (TPSA) is 68.5 Å². The summed E-state index contributed by atoms with van der Waals surface area (Å²) in [7, 11) is -1.71. The highest BCUT2D eigenvalue weighted by molar-refractivity contribution is 7.89. The Morgan fingerprint density at radius 1 is 1.37 bits per heavy atom. The zero-order valence-corrected chi connectivity index (χ0v) is 11.7. The highest BCUT2D eigenvalue weighted by Crippen LogP contribution is 2.25. The van der Waals surface area contributed by atoms with Crippen molar-refractivity contribution in [3.8, 4) is 0 Å². The number of furan rings is 1. The molecule has 1 atom stereocenters. The summed E-state index contributed by atoms with van der Waals surface area (Å²) in [5.74, 6) is 0.659. The van der Waals surface area contributed by atoms with E-state index in [9.17, 15) is 8.42 Å². The van der Waals surface area contributed by atoms with Crippen molar-refractivity contribution in [2.24, 2.45) is 0 Å². The molecule has 0 bridgehead atoms. The van der Waals surface area contributed by atoms with Crippen molar-refractivity contribution in [2.45, 2.75) is 13.0 Å². The van der Waals surface area contributed by atoms with Crippen LogP contribution in [-0.2, 0) is 14.8 Å². The van der Waals surface area contributed by atoms with E-state index in [0.717, 1.165) is 11.0 Å². The van der Waals surface area contributed by atoms with E-state index in [1.54, 1.807) is 6.92 Å². The second kappa shape index (κ2) is 5.73. The summed E-state index contributed by atoms with van der Waals surface area (Å²) in [6, 6.07) is 9.47. The Morgan fingerprint density at radius 2 is 2.11 bits per heavy atom.